The van der Waals surface area contributed by atoms with Crippen LogP contribution >= 0.6 is 24.0 Å². The Kier molecular flexibility index (Phi) is 7.22. The summed E-state index contributed by atoms with van der Waals surface area (Å²) < 4.78 is 5.12. The minimum atomic E-state index is 0. The van der Waals surface area contributed by atoms with Crippen molar-refractivity contribution in [1.29, 1.82) is 0 Å². The number of aryl methyl sites for hydroxylation is 1. The summed E-state index contributed by atoms with van der Waals surface area (Å²) in [6.45, 7) is 5.94. The normalized spacial score (nSPS) is 15.8. The molecule has 0 bridgehead atoms. The largest absolute Gasteiger partial charge is 0.357 e. The van der Waals surface area contributed by atoms with Gasteiger partial charge in [-0.25, -0.2) is 4.99 Å². The van der Waals surface area contributed by atoms with Gasteiger partial charge in [-0.1, -0.05) is 41.9 Å². The highest BCUT2D eigenvalue weighted by molar-refractivity contribution is 14.0. The second-order valence-electron chi connectivity index (χ2n) is 6.28. The SMILES string of the molecule is CCNC(=NCc1nc(C)no1)NCC1(c2ccccc2)CCC1.I. The fraction of sp³-hybridized carbons (Fsp3) is 0.500. The zero-order chi connectivity index (χ0) is 16.8. The molecule has 3 rings (SSSR count). The van der Waals surface area contributed by atoms with Crippen molar-refractivity contribution in [3.05, 3.63) is 47.6 Å². The molecule has 2 aromatic rings. The lowest BCUT2D eigenvalue weighted by Gasteiger charge is -2.43. The Morgan fingerprint density at radius 2 is 2.00 bits per heavy atom. The van der Waals surface area contributed by atoms with E-state index in [1.165, 1.54) is 24.8 Å². The third-order valence-corrected chi connectivity index (χ3v) is 4.58. The van der Waals surface area contributed by atoms with Crippen LogP contribution in [-0.4, -0.2) is 29.2 Å². The molecule has 0 amide bonds. The van der Waals surface area contributed by atoms with Crippen LogP contribution in [0.5, 0.6) is 0 Å². The molecule has 1 aromatic carbocycles. The van der Waals surface area contributed by atoms with Crippen LogP contribution in [0.3, 0.4) is 0 Å². The Hall–Kier alpha value is -1.64. The van der Waals surface area contributed by atoms with Crippen molar-refractivity contribution in [3.8, 4) is 0 Å². The third kappa shape index (κ3) is 4.93. The minimum absolute atomic E-state index is 0. The van der Waals surface area contributed by atoms with Gasteiger partial charge in [0, 0.05) is 18.5 Å². The highest BCUT2D eigenvalue weighted by atomic mass is 127. The molecule has 1 fully saturated rings. The maximum Gasteiger partial charge on any atom is 0.248 e. The Bertz CT molecular complexity index is 682. The third-order valence-electron chi connectivity index (χ3n) is 4.58. The summed E-state index contributed by atoms with van der Waals surface area (Å²) in [5.41, 5.74) is 1.63. The lowest BCUT2D eigenvalue weighted by Crippen LogP contribution is -2.48. The quantitative estimate of drug-likeness (QED) is 0.398. The van der Waals surface area contributed by atoms with Crippen LogP contribution in [-0.2, 0) is 12.0 Å². The summed E-state index contributed by atoms with van der Waals surface area (Å²) in [7, 11) is 0. The monoisotopic (exact) mass is 455 g/mol. The van der Waals surface area contributed by atoms with Crippen molar-refractivity contribution in [2.45, 2.75) is 45.1 Å². The Balaban J connectivity index is 0.00000225. The minimum Gasteiger partial charge on any atom is -0.357 e. The van der Waals surface area contributed by atoms with E-state index >= 15 is 0 Å². The van der Waals surface area contributed by atoms with Gasteiger partial charge in [0.05, 0.1) is 0 Å². The molecule has 0 atom stereocenters. The average molecular weight is 455 g/mol. The molecule has 1 aromatic heterocycles. The number of hydrogen-bond donors (Lipinski definition) is 2. The van der Waals surface area contributed by atoms with Crippen LogP contribution in [0.25, 0.3) is 0 Å². The Morgan fingerprint density at radius 3 is 2.56 bits per heavy atom. The molecule has 0 saturated heterocycles. The molecular weight excluding hydrogens is 429 g/mol. The van der Waals surface area contributed by atoms with Gasteiger partial charge in [0.25, 0.3) is 0 Å². The van der Waals surface area contributed by atoms with Gasteiger partial charge in [-0.3, -0.25) is 0 Å². The fourth-order valence-electron chi connectivity index (χ4n) is 3.11. The van der Waals surface area contributed by atoms with E-state index in [-0.39, 0.29) is 29.4 Å². The van der Waals surface area contributed by atoms with E-state index in [9.17, 15) is 0 Å². The molecule has 0 spiro atoms. The molecule has 136 valence electrons. The van der Waals surface area contributed by atoms with Gasteiger partial charge in [-0.15, -0.1) is 24.0 Å². The van der Waals surface area contributed by atoms with Crippen molar-refractivity contribution in [3.63, 3.8) is 0 Å². The van der Waals surface area contributed by atoms with Crippen LogP contribution in [0.4, 0.5) is 0 Å². The first-order chi connectivity index (χ1) is 11.7. The number of halogens is 1. The predicted molar refractivity (Wildman–Crippen MR) is 109 cm³/mol. The van der Waals surface area contributed by atoms with Gasteiger partial charge in [0.15, 0.2) is 11.8 Å². The average Bonchev–Trinajstić information content (AvgIpc) is 2.98. The zero-order valence-corrected chi connectivity index (χ0v) is 17.1. The first-order valence-electron chi connectivity index (χ1n) is 8.59. The molecule has 7 heteroatoms. The van der Waals surface area contributed by atoms with E-state index < -0.39 is 0 Å². The van der Waals surface area contributed by atoms with Crippen molar-refractivity contribution in [2.75, 3.05) is 13.1 Å². The van der Waals surface area contributed by atoms with Crippen molar-refractivity contribution in [2.24, 2.45) is 4.99 Å². The topological polar surface area (TPSA) is 75.3 Å². The lowest BCUT2D eigenvalue weighted by atomic mass is 9.64. The van der Waals surface area contributed by atoms with E-state index in [1.807, 2.05) is 0 Å². The smallest absolute Gasteiger partial charge is 0.248 e. The molecule has 0 radical (unpaired) electrons. The van der Waals surface area contributed by atoms with Gasteiger partial charge in [0.1, 0.15) is 6.54 Å². The number of rotatable bonds is 6. The number of nitrogens with one attached hydrogen (secondary N) is 2. The standard InChI is InChI=1S/C18H25N5O.HI/c1-3-19-17(20-12-16-22-14(2)23-24-16)21-13-18(10-7-11-18)15-8-5-4-6-9-15;/h4-6,8-9H,3,7,10-13H2,1-2H3,(H2,19,20,21);1H. The summed E-state index contributed by atoms with van der Waals surface area (Å²) in [6, 6.07) is 10.8. The summed E-state index contributed by atoms with van der Waals surface area (Å²) in [5, 5.41) is 10.6. The molecule has 6 nitrogen and oxygen atoms in total. The van der Waals surface area contributed by atoms with Crippen LogP contribution < -0.4 is 10.6 Å². The summed E-state index contributed by atoms with van der Waals surface area (Å²) >= 11 is 0. The maximum atomic E-state index is 5.12. The predicted octanol–water partition coefficient (Wildman–Crippen LogP) is 3.17. The molecule has 1 saturated carbocycles. The van der Waals surface area contributed by atoms with Crippen LogP contribution in [0.15, 0.2) is 39.8 Å². The molecule has 0 unspecified atom stereocenters. The fourth-order valence-corrected chi connectivity index (χ4v) is 3.11. The van der Waals surface area contributed by atoms with E-state index in [2.05, 4.69) is 63.0 Å². The van der Waals surface area contributed by atoms with Crippen molar-refractivity contribution >= 4 is 29.9 Å². The molecule has 1 heterocycles. The van der Waals surface area contributed by atoms with Crippen LogP contribution in [0.2, 0.25) is 0 Å². The molecule has 1 aliphatic rings. The first-order valence-corrected chi connectivity index (χ1v) is 8.59. The molecule has 1 aliphatic carbocycles. The lowest BCUT2D eigenvalue weighted by molar-refractivity contribution is 0.244. The number of aromatic nitrogens is 2. The van der Waals surface area contributed by atoms with Crippen molar-refractivity contribution in [1.82, 2.24) is 20.8 Å². The van der Waals surface area contributed by atoms with Gasteiger partial charge in [-0.2, -0.15) is 4.98 Å². The molecule has 25 heavy (non-hydrogen) atoms. The Morgan fingerprint density at radius 1 is 1.24 bits per heavy atom. The van der Waals surface area contributed by atoms with E-state index in [0.29, 0.717) is 18.3 Å². The first kappa shape index (κ1) is 19.7. The van der Waals surface area contributed by atoms with Gasteiger partial charge in [0.2, 0.25) is 5.89 Å². The van der Waals surface area contributed by atoms with Crippen LogP contribution in [0.1, 0.15) is 43.5 Å². The van der Waals surface area contributed by atoms with E-state index in [0.717, 1.165) is 19.0 Å². The van der Waals surface area contributed by atoms with E-state index in [1.54, 1.807) is 6.92 Å². The number of nitrogens with zero attached hydrogens (tertiary/aromatic N) is 3. The molecule has 0 aliphatic heterocycles. The molecular formula is C18H26IN5O. The second kappa shape index (κ2) is 9.17. The summed E-state index contributed by atoms with van der Waals surface area (Å²) in [5.74, 6) is 1.96. The molecule has 2 N–H and O–H groups in total. The number of aliphatic imine (C=N–C) groups is 1. The van der Waals surface area contributed by atoms with Crippen LogP contribution in [0, 0.1) is 6.92 Å². The van der Waals surface area contributed by atoms with Gasteiger partial charge in [-0.05, 0) is 32.3 Å². The van der Waals surface area contributed by atoms with Gasteiger partial charge >= 0.3 is 0 Å². The summed E-state index contributed by atoms with van der Waals surface area (Å²) in [4.78, 5) is 8.74. The second-order valence-corrected chi connectivity index (χ2v) is 6.28. The highest BCUT2D eigenvalue weighted by Gasteiger charge is 2.38. The highest BCUT2D eigenvalue weighted by Crippen LogP contribution is 2.43. The zero-order valence-electron chi connectivity index (χ0n) is 14.8. The summed E-state index contributed by atoms with van der Waals surface area (Å²) in [6.07, 6.45) is 3.71. The number of hydrogen-bond acceptors (Lipinski definition) is 4. The van der Waals surface area contributed by atoms with Gasteiger partial charge < -0.3 is 15.2 Å². The Labute approximate surface area is 165 Å². The number of benzene rings is 1. The maximum absolute atomic E-state index is 5.12. The van der Waals surface area contributed by atoms with E-state index in [4.69, 9.17) is 4.52 Å². The van der Waals surface area contributed by atoms with Crippen molar-refractivity contribution < 1.29 is 4.52 Å². The number of guanidine groups is 1.